The van der Waals surface area contributed by atoms with Crippen molar-refractivity contribution in [3.63, 3.8) is 0 Å². The van der Waals surface area contributed by atoms with Gasteiger partial charge in [0.25, 0.3) is 47.3 Å². The highest BCUT2D eigenvalue weighted by Gasteiger charge is 2.41. The zero-order valence-electron chi connectivity index (χ0n) is 49.9. The fourth-order valence-corrected chi connectivity index (χ4v) is 11.0. The fraction of sp³-hybridized carbons (Fsp3) is 0.0270. The Morgan fingerprint density at radius 2 is 0.531 bits per heavy atom. The van der Waals surface area contributed by atoms with Crippen LogP contribution in [-0.4, -0.2) is 83.1 Å². The highest BCUT2D eigenvalue weighted by atomic mass is 16.6. The molecule has 0 saturated carbocycles. The lowest BCUT2D eigenvalue weighted by Crippen LogP contribution is -2.29. The van der Waals surface area contributed by atoms with Gasteiger partial charge in [-0.15, -0.1) is 0 Å². The summed E-state index contributed by atoms with van der Waals surface area (Å²) in [6.45, 7) is 1.96. The van der Waals surface area contributed by atoms with Crippen molar-refractivity contribution in [2.45, 2.75) is 6.92 Å². The van der Waals surface area contributed by atoms with Crippen LogP contribution in [0.25, 0.3) is 0 Å². The second-order valence-electron chi connectivity index (χ2n) is 22.1. The molecule has 4 aliphatic rings. The molecule has 22 nitrogen and oxygen atoms in total. The maximum atomic E-state index is 13.9. The minimum absolute atomic E-state index is 0.00332. The van der Waals surface area contributed by atoms with Crippen LogP contribution in [0.3, 0.4) is 0 Å². The average molecular weight is 1280 g/mol. The third-order valence-corrected chi connectivity index (χ3v) is 15.9. The van der Waals surface area contributed by atoms with E-state index in [2.05, 4.69) is 0 Å². The summed E-state index contributed by atoms with van der Waals surface area (Å²) in [5, 5.41) is 0. The summed E-state index contributed by atoms with van der Waals surface area (Å²) < 4.78 is 34.0. The summed E-state index contributed by atoms with van der Waals surface area (Å²) in [5.74, 6) is -6.50. The maximum absolute atomic E-state index is 13.9. The minimum Gasteiger partial charge on any atom is -0.457 e. The van der Waals surface area contributed by atoms with Gasteiger partial charge in [0, 0.05) is 13.1 Å². The number of carbonyl (C=O) groups is 12. The summed E-state index contributed by atoms with van der Waals surface area (Å²) in [5.41, 5.74) is 1.96. The molecule has 0 N–H and O–H groups in total. The molecule has 0 saturated heterocycles. The maximum Gasteiger partial charge on any atom is 0.343 e. The van der Waals surface area contributed by atoms with Crippen LogP contribution in [0.5, 0.6) is 46.0 Å². The molecular weight excluding hydrogens is 1230 g/mol. The Morgan fingerprint density at radius 1 is 0.260 bits per heavy atom. The SMILES string of the molecule is Cc1ccc(Oc2ccc(N3C(=O)c4ccc(C(=O)Oc5ccc(OC(=O)c6ccc7c(c6)C(=O)N(c6ccc(Oc8cccc(N9C(=O)c%10ccc(C(=O)Oc%11ccc(OC(=O)c%12ccc%13c(c%12)C(=O)N(C)C%13=O)cc%11)cc%10C9=O)c8)cc6)C7=O)cc5)cc4C3=O)cc2)cc1. The summed E-state index contributed by atoms with van der Waals surface area (Å²) in [6, 6.07) is 52.8. The molecule has 96 heavy (non-hydrogen) atoms. The molecule has 0 unspecified atom stereocenters. The van der Waals surface area contributed by atoms with Crippen LogP contribution >= 0.6 is 0 Å². The van der Waals surface area contributed by atoms with Crippen molar-refractivity contribution in [2.24, 2.45) is 0 Å². The molecule has 10 aromatic carbocycles. The van der Waals surface area contributed by atoms with Crippen molar-refractivity contribution in [2.75, 3.05) is 21.7 Å². The Balaban J connectivity index is 0.563. The molecule has 0 spiro atoms. The molecule has 0 atom stereocenters. The predicted octanol–water partition coefficient (Wildman–Crippen LogP) is 12.1. The normalized spacial score (nSPS) is 13.6. The summed E-state index contributed by atoms with van der Waals surface area (Å²) in [4.78, 5) is 163. The Morgan fingerprint density at radius 3 is 0.885 bits per heavy atom. The van der Waals surface area contributed by atoms with E-state index in [1.165, 1.54) is 165 Å². The van der Waals surface area contributed by atoms with Gasteiger partial charge in [-0.05, 0) is 201 Å². The van der Waals surface area contributed by atoms with Gasteiger partial charge in [0.15, 0.2) is 0 Å². The molecule has 0 fully saturated rings. The molecule has 0 aromatic heterocycles. The highest BCUT2D eigenvalue weighted by Crippen LogP contribution is 2.37. The van der Waals surface area contributed by atoms with Crippen LogP contribution in [0.2, 0.25) is 0 Å². The number of benzene rings is 10. The van der Waals surface area contributed by atoms with Gasteiger partial charge in [-0.3, -0.25) is 43.3 Å². The lowest BCUT2D eigenvalue weighted by molar-refractivity contribution is 0.0685. The molecule has 466 valence electrons. The number of esters is 4. The van der Waals surface area contributed by atoms with Gasteiger partial charge in [0.05, 0.1) is 83.8 Å². The van der Waals surface area contributed by atoms with Gasteiger partial charge in [-0.1, -0.05) is 23.8 Å². The molecule has 4 aliphatic heterocycles. The number of ether oxygens (including phenoxy) is 6. The molecule has 0 radical (unpaired) electrons. The monoisotopic (exact) mass is 1270 g/mol. The van der Waals surface area contributed by atoms with Gasteiger partial charge in [-0.2, -0.15) is 0 Å². The lowest BCUT2D eigenvalue weighted by atomic mass is 10.1. The van der Waals surface area contributed by atoms with Crippen LogP contribution in [0.4, 0.5) is 17.1 Å². The predicted molar refractivity (Wildman–Crippen MR) is 339 cm³/mol. The molecule has 14 rings (SSSR count). The number of hydrogen-bond acceptors (Lipinski definition) is 18. The number of imide groups is 4. The zero-order chi connectivity index (χ0) is 66.8. The van der Waals surface area contributed by atoms with E-state index in [-0.39, 0.29) is 113 Å². The molecule has 0 aliphatic carbocycles. The van der Waals surface area contributed by atoms with Crippen molar-refractivity contribution < 1.29 is 86.0 Å². The zero-order valence-corrected chi connectivity index (χ0v) is 49.9. The number of amides is 8. The van der Waals surface area contributed by atoms with Gasteiger partial charge >= 0.3 is 23.9 Å². The van der Waals surface area contributed by atoms with E-state index in [0.29, 0.717) is 17.2 Å². The van der Waals surface area contributed by atoms with Crippen LogP contribution in [0.1, 0.15) is 130 Å². The topological polar surface area (TPSA) is 273 Å². The second-order valence-corrected chi connectivity index (χ2v) is 22.1. The van der Waals surface area contributed by atoms with E-state index in [0.717, 1.165) is 25.2 Å². The van der Waals surface area contributed by atoms with Crippen molar-refractivity contribution >= 4 is 88.2 Å². The van der Waals surface area contributed by atoms with E-state index >= 15 is 0 Å². The minimum atomic E-state index is -0.865. The van der Waals surface area contributed by atoms with Crippen molar-refractivity contribution in [1.82, 2.24) is 4.90 Å². The molecule has 0 bridgehead atoms. The van der Waals surface area contributed by atoms with Crippen molar-refractivity contribution in [3.8, 4) is 46.0 Å². The quantitative estimate of drug-likeness (QED) is 0.0524. The first-order valence-corrected chi connectivity index (χ1v) is 29.2. The lowest BCUT2D eigenvalue weighted by Gasteiger charge is -2.16. The number of fused-ring (bicyclic) bond motifs is 4. The van der Waals surface area contributed by atoms with Gasteiger partial charge in [-0.25, -0.2) is 33.9 Å². The molecule has 22 heteroatoms. The Labute approximate surface area is 542 Å². The highest BCUT2D eigenvalue weighted by molar-refractivity contribution is 6.36. The molecular formula is C74H42N4O18. The van der Waals surface area contributed by atoms with E-state index in [1.807, 2.05) is 31.2 Å². The standard InChI is InChI=1S/C74H42N4O18/c1-39-6-16-47(17-7-39)91-48-18-12-44(13-19-48)76-65(81)56-31-9-41(35-60(56)68(76)84)72(88)94-51-26-28-52(29-27-51)95-73(89)42-10-32-57-61(36-42)69(85)77(66(57)82)45-14-20-49(21-15-45)92-54-5-3-4-46(38-54)78-67(83)58-33-11-43(37-62(58)70(78)86)74(90)96-53-24-22-50(23-25-53)93-71(87)40-8-30-55-59(34-40)64(80)75(2)63(55)79/h3-38H,1-2H3. The molecule has 8 amide bonds. The number of aryl methyl sites for hydroxylation is 1. The van der Waals surface area contributed by atoms with Crippen LogP contribution < -0.4 is 43.1 Å². The van der Waals surface area contributed by atoms with Gasteiger partial charge in [0.2, 0.25) is 0 Å². The van der Waals surface area contributed by atoms with Crippen LogP contribution in [0, 0.1) is 6.92 Å². The van der Waals surface area contributed by atoms with E-state index in [4.69, 9.17) is 28.4 Å². The van der Waals surface area contributed by atoms with Crippen LogP contribution in [-0.2, 0) is 0 Å². The third kappa shape index (κ3) is 11.0. The average Bonchev–Trinajstić information content (AvgIpc) is 1.63. The van der Waals surface area contributed by atoms with Gasteiger partial charge < -0.3 is 28.4 Å². The first-order chi connectivity index (χ1) is 46.3. The largest absolute Gasteiger partial charge is 0.457 e. The number of hydrogen-bond donors (Lipinski definition) is 0. The number of rotatable bonds is 15. The first-order valence-electron chi connectivity index (χ1n) is 29.2. The Kier molecular flexibility index (Phi) is 14.8. The molecule has 4 heterocycles. The summed E-state index contributed by atoms with van der Waals surface area (Å²) >= 11 is 0. The second kappa shape index (κ2) is 23.8. The van der Waals surface area contributed by atoms with Crippen molar-refractivity contribution in [1.29, 1.82) is 0 Å². The van der Waals surface area contributed by atoms with Gasteiger partial charge in [0.1, 0.15) is 46.0 Å². The fourth-order valence-electron chi connectivity index (χ4n) is 11.0. The van der Waals surface area contributed by atoms with Crippen molar-refractivity contribution in [3.05, 3.63) is 291 Å². The molecule has 10 aromatic rings. The smallest absolute Gasteiger partial charge is 0.343 e. The Hall–Kier alpha value is -13.8. The third-order valence-electron chi connectivity index (χ3n) is 15.9. The van der Waals surface area contributed by atoms with Crippen LogP contribution in [0.15, 0.2) is 218 Å². The summed E-state index contributed by atoms with van der Waals surface area (Å²) in [7, 11) is 1.34. The number of anilines is 3. The summed E-state index contributed by atoms with van der Waals surface area (Å²) in [6.07, 6.45) is 0. The van der Waals surface area contributed by atoms with E-state index in [9.17, 15) is 57.5 Å². The van der Waals surface area contributed by atoms with E-state index < -0.39 is 71.1 Å². The Bertz CT molecular complexity index is 5100. The number of carbonyl (C=O) groups excluding carboxylic acids is 12. The van der Waals surface area contributed by atoms with E-state index in [1.54, 1.807) is 36.4 Å². The number of nitrogens with zero attached hydrogens (tertiary/aromatic N) is 4. The first kappa shape index (κ1) is 59.8.